The van der Waals surface area contributed by atoms with Gasteiger partial charge in [0.1, 0.15) is 12.2 Å². The average Bonchev–Trinajstić information content (AvgIpc) is 3.07. The molecule has 2 N–H and O–H groups in total. The van der Waals surface area contributed by atoms with Gasteiger partial charge in [-0.1, -0.05) is 11.3 Å². The number of carbonyl (C=O) groups excluding carboxylic acids is 1. The maximum Gasteiger partial charge on any atom is 0.325 e. The van der Waals surface area contributed by atoms with Crippen LogP contribution >= 0.6 is 11.3 Å². The molecule has 2 amide bonds. The summed E-state index contributed by atoms with van der Waals surface area (Å²) in [6.45, 7) is 0.488. The fraction of sp³-hybridized carbons (Fsp3) is 0.333. The lowest BCUT2D eigenvalue weighted by Crippen LogP contribution is -2.36. The van der Waals surface area contributed by atoms with Crippen LogP contribution in [-0.2, 0) is 24.4 Å². The SMILES string of the molecule is CN(Cc1cccs1)C(=O)NCc1cn(CC(=O)O)nn1. The first-order valence-corrected chi connectivity index (χ1v) is 7.04. The van der Waals surface area contributed by atoms with Crippen molar-refractivity contribution in [2.45, 2.75) is 19.6 Å². The number of hydrogen-bond donors (Lipinski definition) is 2. The zero-order chi connectivity index (χ0) is 15.2. The number of carbonyl (C=O) groups is 2. The molecule has 2 rings (SSSR count). The summed E-state index contributed by atoms with van der Waals surface area (Å²) >= 11 is 1.59. The first-order chi connectivity index (χ1) is 10.0. The van der Waals surface area contributed by atoms with E-state index < -0.39 is 5.97 Å². The number of nitrogens with zero attached hydrogens (tertiary/aromatic N) is 4. The third kappa shape index (κ3) is 4.56. The third-order valence-corrected chi connectivity index (χ3v) is 3.49. The Labute approximate surface area is 125 Å². The standard InChI is InChI=1S/C12H15N5O3S/c1-16(7-10-3-2-4-21-10)12(20)13-5-9-6-17(15-14-9)8-11(18)19/h2-4,6H,5,7-8H2,1H3,(H,13,20)(H,18,19). The van der Waals surface area contributed by atoms with Gasteiger partial charge in [-0.3, -0.25) is 4.79 Å². The molecule has 0 saturated carbocycles. The maximum absolute atomic E-state index is 11.9. The topological polar surface area (TPSA) is 100 Å². The van der Waals surface area contributed by atoms with Gasteiger partial charge in [0, 0.05) is 11.9 Å². The smallest absolute Gasteiger partial charge is 0.325 e. The van der Waals surface area contributed by atoms with E-state index in [2.05, 4.69) is 15.6 Å². The van der Waals surface area contributed by atoms with Crippen LogP contribution in [0, 0.1) is 0 Å². The highest BCUT2D eigenvalue weighted by molar-refractivity contribution is 7.09. The van der Waals surface area contributed by atoms with Crippen molar-refractivity contribution in [2.24, 2.45) is 0 Å². The molecule has 0 unspecified atom stereocenters. The lowest BCUT2D eigenvalue weighted by molar-refractivity contribution is -0.137. The largest absolute Gasteiger partial charge is 0.480 e. The van der Waals surface area contributed by atoms with Gasteiger partial charge < -0.3 is 15.3 Å². The molecule has 0 spiro atoms. The molecule has 0 aliphatic carbocycles. The Bertz CT molecular complexity index is 610. The van der Waals surface area contributed by atoms with Crippen LogP contribution in [0.15, 0.2) is 23.7 Å². The molecule has 112 valence electrons. The number of amides is 2. The number of carboxylic acid groups (broad SMARTS) is 1. The van der Waals surface area contributed by atoms with E-state index in [1.54, 1.807) is 23.3 Å². The number of carboxylic acids is 1. The van der Waals surface area contributed by atoms with Crippen molar-refractivity contribution >= 4 is 23.3 Å². The Balaban J connectivity index is 1.80. The molecule has 0 bridgehead atoms. The normalized spacial score (nSPS) is 10.3. The van der Waals surface area contributed by atoms with Crippen molar-refractivity contribution in [1.82, 2.24) is 25.2 Å². The fourth-order valence-electron chi connectivity index (χ4n) is 1.64. The number of nitrogens with one attached hydrogen (secondary N) is 1. The summed E-state index contributed by atoms with van der Waals surface area (Å²) < 4.78 is 1.21. The minimum Gasteiger partial charge on any atom is -0.480 e. The summed E-state index contributed by atoms with van der Waals surface area (Å²) in [5.74, 6) is -0.994. The van der Waals surface area contributed by atoms with Gasteiger partial charge in [0.25, 0.3) is 0 Å². The molecular weight excluding hydrogens is 294 g/mol. The molecule has 0 saturated heterocycles. The molecule has 21 heavy (non-hydrogen) atoms. The zero-order valence-corrected chi connectivity index (χ0v) is 12.2. The molecule has 0 aromatic carbocycles. The second kappa shape index (κ2) is 6.84. The maximum atomic E-state index is 11.9. The minimum absolute atomic E-state index is 0.202. The van der Waals surface area contributed by atoms with Crippen molar-refractivity contribution in [3.05, 3.63) is 34.3 Å². The van der Waals surface area contributed by atoms with Crippen LogP contribution in [0.3, 0.4) is 0 Å². The van der Waals surface area contributed by atoms with Crippen LogP contribution in [0.25, 0.3) is 0 Å². The van der Waals surface area contributed by atoms with Gasteiger partial charge in [-0.25, -0.2) is 9.48 Å². The molecular formula is C12H15N5O3S. The summed E-state index contributed by atoms with van der Waals surface area (Å²) in [6, 6.07) is 3.68. The quantitative estimate of drug-likeness (QED) is 0.820. The average molecular weight is 309 g/mol. The second-order valence-corrected chi connectivity index (χ2v) is 5.43. The fourth-order valence-corrected chi connectivity index (χ4v) is 2.40. The number of hydrogen-bond acceptors (Lipinski definition) is 5. The Morgan fingerprint density at radius 1 is 1.52 bits per heavy atom. The highest BCUT2D eigenvalue weighted by Crippen LogP contribution is 2.10. The first kappa shape index (κ1) is 15.0. The van der Waals surface area contributed by atoms with Crippen molar-refractivity contribution in [3.63, 3.8) is 0 Å². The van der Waals surface area contributed by atoms with Gasteiger partial charge in [0.15, 0.2) is 0 Å². The Morgan fingerprint density at radius 2 is 2.33 bits per heavy atom. The van der Waals surface area contributed by atoms with E-state index in [-0.39, 0.29) is 19.1 Å². The predicted molar refractivity (Wildman–Crippen MR) is 75.7 cm³/mol. The van der Waals surface area contributed by atoms with E-state index >= 15 is 0 Å². The van der Waals surface area contributed by atoms with Gasteiger partial charge in [0.2, 0.25) is 0 Å². The Morgan fingerprint density at radius 3 is 3.00 bits per heavy atom. The number of aliphatic carboxylic acids is 1. The van der Waals surface area contributed by atoms with Gasteiger partial charge in [-0.2, -0.15) is 0 Å². The number of urea groups is 1. The predicted octanol–water partition coefficient (Wildman–Crippen LogP) is 0.766. The van der Waals surface area contributed by atoms with Crippen LogP contribution < -0.4 is 5.32 Å². The van der Waals surface area contributed by atoms with Gasteiger partial charge in [-0.15, -0.1) is 16.4 Å². The van der Waals surface area contributed by atoms with Crippen LogP contribution in [0.4, 0.5) is 4.79 Å². The van der Waals surface area contributed by atoms with E-state index in [9.17, 15) is 9.59 Å². The van der Waals surface area contributed by atoms with E-state index in [0.29, 0.717) is 12.2 Å². The lowest BCUT2D eigenvalue weighted by atomic mass is 10.4. The summed E-state index contributed by atoms with van der Waals surface area (Å²) in [4.78, 5) is 25.1. The van der Waals surface area contributed by atoms with Crippen LogP contribution in [0.2, 0.25) is 0 Å². The van der Waals surface area contributed by atoms with Crippen molar-refractivity contribution in [3.8, 4) is 0 Å². The number of aromatic nitrogens is 3. The molecule has 0 fully saturated rings. The summed E-state index contributed by atoms with van der Waals surface area (Å²) in [5.41, 5.74) is 0.508. The number of thiophene rings is 1. The van der Waals surface area contributed by atoms with E-state index in [1.807, 2.05) is 17.5 Å². The molecule has 8 nitrogen and oxygen atoms in total. The highest BCUT2D eigenvalue weighted by Gasteiger charge is 2.10. The molecule has 2 aromatic rings. The minimum atomic E-state index is -0.994. The zero-order valence-electron chi connectivity index (χ0n) is 11.4. The molecule has 0 aliphatic rings. The second-order valence-electron chi connectivity index (χ2n) is 4.40. The van der Waals surface area contributed by atoms with Crippen molar-refractivity contribution < 1.29 is 14.7 Å². The molecule has 9 heteroatoms. The summed E-state index contributed by atoms with van der Waals surface area (Å²) in [5, 5.41) is 20.7. The summed E-state index contributed by atoms with van der Waals surface area (Å²) in [6.07, 6.45) is 1.49. The number of rotatable bonds is 6. The lowest BCUT2D eigenvalue weighted by Gasteiger charge is -2.16. The molecule has 2 heterocycles. The first-order valence-electron chi connectivity index (χ1n) is 6.16. The van der Waals surface area contributed by atoms with Crippen LogP contribution in [0.1, 0.15) is 10.6 Å². The molecule has 0 radical (unpaired) electrons. The summed E-state index contributed by atoms with van der Waals surface area (Å²) in [7, 11) is 1.70. The van der Waals surface area contributed by atoms with E-state index in [4.69, 9.17) is 5.11 Å². The van der Waals surface area contributed by atoms with Crippen molar-refractivity contribution in [1.29, 1.82) is 0 Å². The Kier molecular flexibility index (Phi) is 4.88. The van der Waals surface area contributed by atoms with Crippen LogP contribution in [0.5, 0.6) is 0 Å². The van der Waals surface area contributed by atoms with Gasteiger partial charge in [0.05, 0.1) is 19.3 Å². The van der Waals surface area contributed by atoms with Crippen molar-refractivity contribution in [2.75, 3.05) is 7.05 Å². The monoisotopic (exact) mass is 309 g/mol. The van der Waals surface area contributed by atoms with E-state index in [1.165, 1.54) is 10.9 Å². The highest BCUT2D eigenvalue weighted by atomic mass is 32.1. The molecule has 0 atom stereocenters. The van der Waals surface area contributed by atoms with Gasteiger partial charge >= 0.3 is 12.0 Å². The molecule has 2 aromatic heterocycles. The molecule has 0 aliphatic heterocycles. The van der Waals surface area contributed by atoms with E-state index in [0.717, 1.165) is 4.88 Å². The third-order valence-electron chi connectivity index (χ3n) is 2.62. The van der Waals surface area contributed by atoms with Gasteiger partial charge in [-0.05, 0) is 11.4 Å². The van der Waals surface area contributed by atoms with Crippen LogP contribution in [-0.4, -0.2) is 44.0 Å². The Hall–Kier alpha value is -2.42.